The van der Waals surface area contributed by atoms with E-state index in [1.54, 1.807) is 0 Å². The van der Waals surface area contributed by atoms with Crippen LogP contribution in [0.1, 0.15) is 0 Å². The average molecular weight is 172 g/mol. The lowest BCUT2D eigenvalue weighted by atomic mass is 10.6. The smallest absolute Gasteiger partial charge is 0.437 e. The summed E-state index contributed by atoms with van der Waals surface area (Å²) in [4.78, 5) is 20.8. The van der Waals surface area contributed by atoms with Crippen LogP contribution in [0.15, 0.2) is 0 Å². The van der Waals surface area contributed by atoms with Crippen molar-refractivity contribution in [3.63, 3.8) is 0 Å². The summed E-state index contributed by atoms with van der Waals surface area (Å²) in [5, 5.41) is 0. The zero-order chi connectivity index (χ0) is 9.40. The Bertz CT molecular complexity index is 222. The first-order valence-corrected chi connectivity index (χ1v) is 2.98. The second-order valence-electron chi connectivity index (χ2n) is 1.58. The Morgan fingerprint density at radius 3 is 2.50 bits per heavy atom. The third-order valence-electron chi connectivity index (χ3n) is 0.750. The Hall–Kier alpha value is -1.54. The van der Waals surface area contributed by atoms with Gasteiger partial charge in [0.05, 0.1) is 7.11 Å². The van der Waals surface area contributed by atoms with Crippen molar-refractivity contribution in [1.29, 1.82) is 0 Å². The number of hydrogen-bond acceptors (Lipinski definition) is 5. The van der Waals surface area contributed by atoms with Gasteiger partial charge >= 0.3 is 12.1 Å². The highest BCUT2D eigenvalue weighted by Crippen LogP contribution is 1.81. The largest absolute Gasteiger partial charge is 0.516 e. The first-order valence-electron chi connectivity index (χ1n) is 2.98. The standard InChI is InChI=1S/C7H8O5/c1-10-5-3-4-6(8)12-7(9)11-2/h5H2,1-2H3. The van der Waals surface area contributed by atoms with Crippen LogP contribution in [0.3, 0.4) is 0 Å². The summed E-state index contributed by atoms with van der Waals surface area (Å²) in [5.41, 5.74) is 0. The van der Waals surface area contributed by atoms with Crippen molar-refractivity contribution < 1.29 is 23.8 Å². The quantitative estimate of drug-likeness (QED) is 0.240. The van der Waals surface area contributed by atoms with E-state index in [-0.39, 0.29) is 6.61 Å². The van der Waals surface area contributed by atoms with Crippen molar-refractivity contribution in [3.8, 4) is 11.8 Å². The van der Waals surface area contributed by atoms with Gasteiger partial charge in [-0.15, -0.1) is 0 Å². The fourth-order valence-corrected chi connectivity index (χ4v) is 0.323. The van der Waals surface area contributed by atoms with E-state index in [4.69, 9.17) is 0 Å². The maximum absolute atomic E-state index is 10.5. The Morgan fingerprint density at radius 1 is 1.33 bits per heavy atom. The van der Waals surface area contributed by atoms with Crippen LogP contribution >= 0.6 is 0 Å². The van der Waals surface area contributed by atoms with Crippen molar-refractivity contribution in [2.45, 2.75) is 0 Å². The minimum atomic E-state index is -1.08. The van der Waals surface area contributed by atoms with E-state index in [1.807, 2.05) is 5.92 Å². The van der Waals surface area contributed by atoms with Gasteiger partial charge in [0.1, 0.15) is 6.61 Å². The van der Waals surface area contributed by atoms with Crippen LogP contribution in [0.25, 0.3) is 0 Å². The molecule has 0 aromatic heterocycles. The molecular weight excluding hydrogens is 164 g/mol. The van der Waals surface area contributed by atoms with E-state index in [1.165, 1.54) is 7.11 Å². The van der Waals surface area contributed by atoms with Gasteiger partial charge in [-0.05, 0) is 0 Å². The summed E-state index contributed by atoms with van der Waals surface area (Å²) >= 11 is 0. The number of hydrogen-bond donors (Lipinski definition) is 0. The molecule has 5 nitrogen and oxygen atoms in total. The molecule has 0 aromatic rings. The number of carbonyl (C=O) groups excluding carboxylic acids is 2. The van der Waals surface area contributed by atoms with Crippen LogP contribution < -0.4 is 0 Å². The van der Waals surface area contributed by atoms with Crippen molar-refractivity contribution in [2.75, 3.05) is 20.8 Å². The zero-order valence-electron chi connectivity index (χ0n) is 6.75. The first-order chi connectivity index (χ1) is 5.70. The van der Waals surface area contributed by atoms with Gasteiger partial charge in [0, 0.05) is 13.0 Å². The van der Waals surface area contributed by atoms with E-state index in [0.29, 0.717) is 0 Å². The molecule has 0 spiro atoms. The third kappa shape index (κ3) is 5.26. The molecule has 0 heterocycles. The van der Waals surface area contributed by atoms with E-state index in [9.17, 15) is 9.59 Å². The van der Waals surface area contributed by atoms with Crippen molar-refractivity contribution in [3.05, 3.63) is 0 Å². The van der Waals surface area contributed by atoms with Gasteiger partial charge in [-0.3, -0.25) is 0 Å². The number of carbonyl (C=O) groups is 2. The number of rotatable bonds is 1. The zero-order valence-corrected chi connectivity index (χ0v) is 6.75. The molecule has 0 saturated heterocycles. The lowest BCUT2D eigenvalue weighted by molar-refractivity contribution is -0.132. The van der Waals surface area contributed by atoms with Gasteiger partial charge in [-0.25, -0.2) is 9.59 Å². The first kappa shape index (κ1) is 10.5. The van der Waals surface area contributed by atoms with Gasteiger partial charge < -0.3 is 14.2 Å². The molecule has 0 atom stereocenters. The van der Waals surface area contributed by atoms with Crippen LogP contribution in [0.2, 0.25) is 0 Å². The van der Waals surface area contributed by atoms with Gasteiger partial charge in [0.15, 0.2) is 0 Å². The molecule has 0 rings (SSSR count). The SMILES string of the molecule is COCC#CC(=O)OC(=O)OC. The maximum atomic E-state index is 10.5. The highest BCUT2D eigenvalue weighted by molar-refractivity contribution is 5.94. The summed E-state index contributed by atoms with van der Waals surface area (Å²) < 4.78 is 12.6. The topological polar surface area (TPSA) is 61.8 Å². The fraction of sp³-hybridized carbons (Fsp3) is 0.429. The molecule has 5 heteroatoms. The number of esters is 1. The van der Waals surface area contributed by atoms with Gasteiger partial charge in [0.2, 0.25) is 0 Å². The Morgan fingerprint density at radius 2 is 2.00 bits per heavy atom. The van der Waals surface area contributed by atoms with E-state index in [0.717, 1.165) is 7.11 Å². The summed E-state index contributed by atoms with van der Waals surface area (Å²) in [6, 6.07) is 0. The molecule has 0 aliphatic rings. The molecule has 0 amide bonds. The van der Waals surface area contributed by atoms with E-state index in [2.05, 4.69) is 20.1 Å². The molecule has 0 fully saturated rings. The number of ether oxygens (including phenoxy) is 3. The molecule has 0 unspecified atom stereocenters. The normalized spacial score (nSPS) is 7.83. The van der Waals surface area contributed by atoms with Gasteiger partial charge in [-0.2, -0.15) is 0 Å². The molecule has 0 N–H and O–H groups in total. The molecule has 0 aliphatic heterocycles. The Kier molecular flexibility index (Phi) is 5.39. The van der Waals surface area contributed by atoms with Crippen molar-refractivity contribution in [1.82, 2.24) is 0 Å². The van der Waals surface area contributed by atoms with Crippen LogP contribution in [-0.4, -0.2) is 33.0 Å². The van der Waals surface area contributed by atoms with Gasteiger partial charge in [-0.1, -0.05) is 5.92 Å². The third-order valence-corrected chi connectivity index (χ3v) is 0.750. The van der Waals surface area contributed by atoms with Crippen molar-refractivity contribution in [2.24, 2.45) is 0 Å². The second-order valence-corrected chi connectivity index (χ2v) is 1.58. The van der Waals surface area contributed by atoms with Crippen molar-refractivity contribution >= 4 is 12.1 Å². The molecule has 0 aromatic carbocycles. The average Bonchev–Trinajstić information content (AvgIpc) is 2.05. The predicted octanol–water partition coefficient (Wildman–Crippen LogP) is -0.0542. The van der Waals surface area contributed by atoms with E-state index < -0.39 is 12.1 Å². The minimum absolute atomic E-state index is 0.107. The molecule has 0 radical (unpaired) electrons. The molecule has 0 bridgehead atoms. The molecular formula is C7H8O5. The second kappa shape index (κ2) is 6.19. The highest BCUT2D eigenvalue weighted by atomic mass is 16.7. The molecule has 12 heavy (non-hydrogen) atoms. The fourth-order valence-electron chi connectivity index (χ4n) is 0.323. The van der Waals surface area contributed by atoms with Gasteiger partial charge in [0.25, 0.3) is 0 Å². The molecule has 66 valence electrons. The van der Waals surface area contributed by atoms with Crippen LogP contribution in [-0.2, 0) is 19.0 Å². The van der Waals surface area contributed by atoms with Crippen LogP contribution in [0.5, 0.6) is 0 Å². The summed E-state index contributed by atoms with van der Waals surface area (Å²) in [7, 11) is 2.53. The predicted molar refractivity (Wildman–Crippen MR) is 38.1 cm³/mol. The Balaban J connectivity index is 3.76. The summed E-state index contributed by atoms with van der Waals surface area (Å²) in [6.45, 7) is 0.107. The highest BCUT2D eigenvalue weighted by Gasteiger charge is 2.05. The maximum Gasteiger partial charge on any atom is 0.516 e. The summed E-state index contributed by atoms with van der Waals surface area (Å²) in [6.07, 6.45) is -1.08. The summed E-state index contributed by atoms with van der Waals surface area (Å²) in [5.74, 6) is 3.36. The Labute approximate surface area is 69.6 Å². The molecule has 0 aliphatic carbocycles. The van der Waals surface area contributed by atoms with Crippen LogP contribution in [0.4, 0.5) is 4.79 Å². The van der Waals surface area contributed by atoms with E-state index >= 15 is 0 Å². The lowest BCUT2D eigenvalue weighted by Gasteiger charge is -1.93. The molecule has 0 saturated carbocycles. The minimum Gasteiger partial charge on any atom is -0.437 e. The van der Waals surface area contributed by atoms with Crippen LogP contribution in [0, 0.1) is 11.8 Å². The number of methoxy groups -OCH3 is 2. The lowest BCUT2D eigenvalue weighted by Crippen LogP contribution is -2.10. The monoisotopic (exact) mass is 172 g/mol.